The highest BCUT2D eigenvalue weighted by Crippen LogP contribution is 2.46. The maximum Gasteiger partial charge on any atom is 0.142 e. The number of rotatable bonds is 6. The van der Waals surface area contributed by atoms with Gasteiger partial charge < -0.3 is 9.64 Å². The first-order valence-corrected chi connectivity index (χ1v) is 7.59. The summed E-state index contributed by atoms with van der Waals surface area (Å²) in [7, 11) is 6.54. The maximum atomic E-state index is 6.54. The molecular weight excluding hydrogens is 257 g/mol. The van der Waals surface area contributed by atoms with Gasteiger partial charge in [0.05, 0.1) is 12.3 Å². The van der Waals surface area contributed by atoms with Crippen molar-refractivity contribution in [2.45, 2.75) is 25.2 Å². The monoisotopic (exact) mass is 277 g/mol. The standard InChI is InChI=1S/C18H20BNO/c1-2-3-13-21-17-12-8-7-11-16(17)20-14-18(20,19)15-9-5-4-6-10-15/h4-12H,2-3,13-14H2,1H3/t18-,20?/m1/s1. The van der Waals surface area contributed by atoms with Crippen LogP contribution in [0.3, 0.4) is 0 Å². The summed E-state index contributed by atoms with van der Waals surface area (Å²) in [6, 6.07) is 18.4. The number of hydrogen-bond acceptors (Lipinski definition) is 2. The lowest BCUT2D eigenvalue weighted by atomic mass is 9.80. The Morgan fingerprint density at radius 3 is 2.57 bits per heavy atom. The second-order valence-electron chi connectivity index (χ2n) is 5.55. The lowest BCUT2D eigenvalue weighted by Crippen LogP contribution is -2.16. The first-order chi connectivity index (χ1) is 10.3. The highest BCUT2D eigenvalue weighted by atomic mass is 16.5. The van der Waals surface area contributed by atoms with E-state index in [0.29, 0.717) is 0 Å². The molecule has 0 saturated carbocycles. The number of benzene rings is 2. The van der Waals surface area contributed by atoms with Crippen molar-refractivity contribution >= 4 is 13.5 Å². The first-order valence-electron chi connectivity index (χ1n) is 7.59. The van der Waals surface area contributed by atoms with Crippen molar-refractivity contribution in [3.8, 4) is 5.75 Å². The fourth-order valence-electron chi connectivity index (χ4n) is 2.61. The Bertz CT molecular complexity index is 601. The van der Waals surface area contributed by atoms with Gasteiger partial charge in [0.15, 0.2) is 0 Å². The molecule has 1 heterocycles. The summed E-state index contributed by atoms with van der Waals surface area (Å²) in [5.41, 5.74) is 1.83. The quantitative estimate of drug-likeness (QED) is 0.453. The highest BCUT2D eigenvalue weighted by molar-refractivity contribution is 6.21. The zero-order valence-corrected chi connectivity index (χ0v) is 12.5. The molecule has 0 aliphatic carbocycles. The van der Waals surface area contributed by atoms with Gasteiger partial charge in [-0.1, -0.05) is 55.8 Å². The summed E-state index contributed by atoms with van der Waals surface area (Å²) in [6.07, 6.45) is 2.21. The Hall–Kier alpha value is -1.90. The Labute approximate surface area is 128 Å². The molecule has 2 aromatic carbocycles. The van der Waals surface area contributed by atoms with Crippen LogP contribution in [0.15, 0.2) is 54.6 Å². The van der Waals surface area contributed by atoms with Crippen LogP contribution in [-0.2, 0) is 5.44 Å². The highest BCUT2D eigenvalue weighted by Gasteiger charge is 2.49. The van der Waals surface area contributed by atoms with Crippen LogP contribution in [0, 0.1) is 0 Å². The minimum Gasteiger partial charge on any atom is -0.491 e. The predicted molar refractivity (Wildman–Crippen MR) is 88.1 cm³/mol. The molecule has 2 nitrogen and oxygen atoms in total. The second-order valence-corrected chi connectivity index (χ2v) is 5.55. The molecule has 0 unspecified atom stereocenters. The summed E-state index contributed by atoms with van der Waals surface area (Å²) in [6.45, 7) is 3.75. The number of para-hydroxylation sites is 2. The molecule has 0 N–H and O–H groups in total. The molecule has 1 aliphatic heterocycles. The van der Waals surface area contributed by atoms with E-state index in [4.69, 9.17) is 12.6 Å². The predicted octanol–water partition coefficient (Wildman–Crippen LogP) is 3.71. The third-order valence-electron chi connectivity index (χ3n) is 3.96. The second kappa shape index (κ2) is 5.84. The summed E-state index contributed by atoms with van der Waals surface area (Å²) < 4.78 is 5.91. The van der Waals surface area contributed by atoms with Crippen LogP contribution in [0.1, 0.15) is 25.3 Å². The molecule has 1 aliphatic rings. The topological polar surface area (TPSA) is 12.2 Å². The Kier molecular flexibility index (Phi) is 3.91. The third-order valence-corrected chi connectivity index (χ3v) is 3.96. The third kappa shape index (κ3) is 2.78. The number of hydrogen-bond donors (Lipinski definition) is 0. The van der Waals surface area contributed by atoms with Crippen LogP contribution in [0.4, 0.5) is 5.69 Å². The minimum atomic E-state index is -0.397. The van der Waals surface area contributed by atoms with Crippen LogP contribution in [0.2, 0.25) is 0 Å². The molecule has 2 aromatic rings. The smallest absolute Gasteiger partial charge is 0.142 e. The van der Waals surface area contributed by atoms with Crippen LogP contribution in [-0.4, -0.2) is 21.0 Å². The molecule has 1 saturated heterocycles. The van der Waals surface area contributed by atoms with Gasteiger partial charge in [-0.15, -0.1) is 0 Å². The van der Waals surface area contributed by atoms with Crippen molar-refractivity contribution in [1.82, 2.24) is 0 Å². The van der Waals surface area contributed by atoms with E-state index in [2.05, 4.69) is 30.0 Å². The molecule has 1 fully saturated rings. The normalized spacial score (nSPS) is 20.3. The molecule has 106 valence electrons. The summed E-state index contributed by atoms with van der Waals surface area (Å²) in [5.74, 6) is 0.925. The van der Waals surface area contributed by atoms with Gasteiger partial charge in [-0.2, -0.15) is 0 Å². The molecule has 0 bridgehead atoms. The van der Waals surface area contributed by atoms with Gasteiger partial charge in [0.25, 0.3) is 0 Å². The number of ether oxygens (including phenoxy) is 1. The van der Waals surface area contributed by atoms with Crippen molar-refractivity contribution in [1.29, 1.82) is 0 Å². The minimum absolute atomic E-state index is 0.397. The average Bonchev–Trinajstić information content (AvgIpc) is 3.22. The van der Waals surface area contributed by atoms with Crippen molar-refractivity contribution in [2.24, 2.45) is 0 Å². The van der Waals surface area contributed by atoms with Gasteiger partial charge in [-0.25, -0.2) is 0 Å². The molecular formula is C18H20BNO. The van der Waals surface area contributed by atoms with E-state index in [1.54, 1.807) is 0 Å². The van der Waals surface area contributed by atoms with Gasteiger partial charge in [0, 0.05) is 12.0 Å². The van der Waals surface area contributed by atoms with Gasteiger partial charge in [0.1, 0.15) is 13.6 Å². The Balaban J connectivity index is 1.80. The fraction of sp³-hybridized carbons (Fsp3) is 0.333. The van der Waals surface area contributed by atoms with Crippen molar-refractivity contribution in [2.75, 3.05) is 18.1 Å². The van der Waals surface area contributed by atoms with Gasteiger partial charge >= 0.3 is 0 Å². The van der Waals surface area contributed by atoms with E-state index in [-0.39, 0.29) is 0 Å². The van der Waals surface area contributed by atoms with Gasteiger partial charge in [0.2, 0.25) is 0 Å². The lowest BCUT2D eigenvalue weighted by Gasteiger charge is -2.18. The first kappa shape index (κ1) is 14.1. The van der Waals surface area contributed by atoms with Crippen molar-refractivity contribution in [3.05, 3.63) is 60.2 Å². The maximum absolute atomic E-state index is 6.54. The van der Waals surface area contributed by atoms with E-state index >= 15 is 0 Å². The SMILES string of the molecule is [B][C@]1(c2ccccc2)CN1c1ccccc1OCCCC. The number of nitrogens with zero attached hydrogens (tertiary/aromatic N) is 1. The molecule has 0 aromatic heterocycles. The van der Waals surface area contributed by atoms with Crippen LogP contribution in [0.25, 0.3) is 0 Å². The zero-order chi connectivity index (χ0) is 14.7. The molecule has 1 atom stereocenters. The Morgan fingerprint density at radius 1 is 1.10 bits per heavy atom. The van der Waals surface area contributed by atoms with Gasteiger partial charge in [-0.3, -0.25) is 0 Å². The zero-order valence-electron chi connectivity index (χ0n) is 12.5. The van der Waals surface area contributed by atoms with Crippen LogP contribution < -0.4 is 9.64 Å². The molecule has 3 rings (SSSR count). The molecule has 2 radical (unpaired) electrons. The van der Waals surface area contributed by atoms with E-state index in [1.165, 1.54) is 0 Å². The van der Waals surface area contributed by atoms with Crippen LogP contribution in [0.5, 0.6) is 5.75 Å². The van der Waals surface area contributed by atoms with E-state index in [9.17, 15) is 0 Å². The van der Waals surface area contributed by atoms with Crippen molar-refractivity contribution in [3.63, 3.8) is 0 Å². The number of unbranched alkanes of at least 4 members (excludes halogenated alkanes) is 1. The molecule has 0 spiro atoms. The van der Waals surface area contributed by atoms with Crippen LogP contribution >= 0.6 is 0 Å². The molecule has 0 amide bonds. The number of anilines is 1. The fourth-order valence-corrected chi connectivity index (χ4v) is 2.61. The largest absolute Gasteiger partial charge is 0.491 e. The van der Waals surface area contributed by atoms with E-state index in [1.807, 2.05) is 36.4 Å². The van der Waals surface area contributed by atoms with Gasteiger partial charge in [-0.05, 0) is 24.1 Å². The summed E-state index contributed by atoms with van der Waals surface area (Å²) in [4.78, 5) is 2.20. The van der Waals surface area contributed by atoms with E-state index < -0.39 is 5.44 Å². The molecule has 3 heteroatoms. The summed E-state index contributed by atoms with van der Waals surface area (Å²) in [5, 5.41) is 0. The van der Waals surface area contributed by atoms with Crippen molar-refractivity contribution < 1.29 is 4.74 Å². The van der Waals surface area contributed by atoms with E-state index in [0.717, 1.165) is 43.0 Å². The molecule has 21 heavy (non-hydrogen) atoms. The average molecular weight is 277 g/mol. The Morgan fingerprint density at radius 2 is 1.81 bits per heavy atom. The lowest BCUT2D eigenvalue weighted by molar-refractivity contribution is 0.310. The summed E-state index contributed by atoms with van der Waals surface area (Å²) >= 11 is 0.